The van der Waals surface area contributed by atoms with Crippen molar-refractivity contribution in [1.82, 2.24) is 10.1 Å². The van der Waals surface area contributed by atoms with Gasteiger partial charge in [-0.3, -0.25) is 0 Å². The molecule has 0 aliphatic carbocycles. The van der Waals surface area contributed by atoms with Crippen LogP contribution in [0.25, 0.3) is 0 Å². The molecule has 1 aromatic heterocycles. The lowest BCUT2D eigenvalue weighted by molar-refractivity contribution is 0.407. The molecule has 0 saturated heterocycles. The fourth-order valence-electron chi connectivity index (χ4n) is 1.24. The van der Waals surface area contributed by atoms with Gasteiger partial charge in [-0.25, -0.2) is 0 Å². The molecule has 2 rings (SSSR count). The summed E-state index contributed by atoms with van der Waals surface area (Å²) in [5, 5.41) is 3.70. The van der Waals surface area contributed by atoms with E-state index in [0.29, 0.717) is 5.82 Å². The van der Waals surface area contributed by atoms with Crippen molar-refractivity contribution in [3.8, 4) is 0 Å². The molecule has 72 valence electrons. The molecule has 0 aliphatic heterocycles. The van der Waals surface area contributed by atoms with E-state index in [2.05, 4.69) is 14.7 Å². The van der Waals surface area contributed by atoms with Crippen LogP contribution in [0.2, 0.25) is 0 Å². The van der Waals surface area contributed by atoms with Crippen molar-refractivity contribution in [1.29, 1.82) is 0 Å². The first-order valence-electron chi connectivity index (χ1n) is 4.36. The second kappa shape index (κ2) is 3.59. The Labute approximate surface area is 81.7 Å². The summed E-state index contributed by atoms with van der Waals surface area (Å²) in [5.41, 5.74) is 8.11. The summed E-state index contributed by atoms with van der Waals surface area (Å²) < 4.78 is 4.64. The zero-order chi connectivity index (χ0) is 9.97. The first-order chi connectivity index (χ1) is 6.77. The van der Waals surface area contributed by atoms with Crippen LogP contribution in [0, 0.1) is 6.92 Å². The van der Waals surface area contributed by atoms with Crippen LogP contribution < -0.4 is 5.73 Å². The van der Waals surface area contributed by atoms with Gasteiger partial charge in [-0.15, -0.1) is 0 Å². The van der Waals surface area contributed by atoms with E-state index in [9.17, 15) is 0 Å². The van der Waals surface area contributed by atoms with E-state index in [4.69, 9.17) is 5.73 Å². The minimum absolute atomic E-state index is 0.311. The summed E-state index contributed by atoms with van der Waals surface area (Å²) in [7, 11) is 0. The highest BCUT2D eigenvalue weighted by Gasteiger charge is 2.12. The van der Waals surface area contributed by atoms with E-state index in [0.717, 1.165) is 5.56 Å². The molecule has 4 heteroatoms. The van der Waals surface area contributed by atoms with E-state index < -0.39 is 0 Å². The van der Waals surface area contributed by atoms with Crippen molar-refractivity contribution >= 4 is 0 Å². The van der Waals surface area contributed by atoms with Gasteiger partial charge in [0.1, 0.15) is 0 Å². The van der Waals surface area contributed by atoms with E-state index in [1.54, 1.807) is 0 Å². The van der Waals surface area contributed by atoms with Crippen LogP contribution in [0.4, 0.5) is 0 Å². The molecule has 1 atom stereocenters. The van der Waals surface area contributed by atoms with Gasteiger partial charge < -0.3 is 10.3 Å². The van der Waals surface area contributed by atoms with Gasteiger partial charge in [0.15, 0.2) is 5.82 Å². The fourth-order valence-corrected chi connectivity index (χ4v) is 1.24. The Hall–Kier alpha value is -1.68. The van der Waals surface area contributed by atoms with Crippen LogP contribution in [0.15, 0.2) is 35.2 Å². The summed E-state index contributed by atoms with van der Waals surface area (Å²) in [6, 6.07) is 7.64. The number of hydrogen-bond acceptors (Lipinski definition) is 4. The van der Waals surface area contributed by atoms with Crippen LogP contribution in [-0.4, -0.2) is 10.1 Å². The van der Waals surface area contributed by atoms with Crippen LogP contribution in [0.1, 0.15) is 23.0 Å². The lowest BCUT2D eigenvalue weighted by atomic mass is 10.1. The second-order valence-electron chi connectivity index (χ2n) is 3.18. The molecule has 2 N–H and O–H groups in total. The maximum absolute atomic E-state index is 5.93. The highest BCUT2D eigenvalue weighted by atomic mass is 16.5. The molecule has 1 aromatic carbocycles. The lowest BCUT2D eigenvalue weighted by Gasteiger charge is -2.06. The minimum Gasteiger partial charge on any atom is -0.343 e. The standard InChI is InChI=1S/C10H11N3O/c1-7-2-4-8(5-3-7)9(11)10-12-6-14-13-10/h2-6,9H,11H2,1H3. The van der Waals surface area contributed by atoms with Gasteiger partial charge in [0.2, 0.25) is 6.39 Å². The number of aryl methyl sites for hydroxylation is 1. The minimum atomic E-state index is -0.311. The monoisotopic (exact) mass is 189 g/mol. The van der Waals surface area contributed by atoms with Crippen molar-refractivity contribution < 1.29 is 4.52 Å². The third-order valence-electron chi connectivity index (χ3n) is 2.09. The normalized spacial score (nSPS) is 12.7. The van der Waals surface area contributed by atoms with Crippen molar-refractivity contribution in [3.05, 3.63) is 47.6 Å². The molecule has 0 aliphatic rings. The van der Waals surface area contributed by atoms with Gasteiger partial charge in [-0.05, 0) is 12.5 Å². The number of benzene rings is 1. The zero-order valence-electron chi connectivity index (χ0n) is 7.84. The van der Waals surface area contributed by atoms with Crippen molar-refractivity contribution in [2.75, 3.05) is 0 Å². The Morgan fingerprint density at radius 2 is 2.00 bits per heavy atom. The fraction of sp³-hybridized carbons (Fsp3) is 0.200. The molecular formula is C10H11N3O. The number of aromatic nitrogens is 2. The predicted octanol–water partition coefficient (Wildman–Crippen LogP) is 1.43. The van der Waals surface area contributed by atoms with Crippen molar-refractivity contribution in [2.24, 2.45) is 5.73 Å². The topological polar surface area (TPSA) is 64.9 Å². The van der Waals surface area contributed by atoms with Crippen LogP contribution in [0.5, 0.6) is 0 Å². The number of rotatable bonds is 2. The molecule has 0 radical (unpaired) electrons. The predicted molar refractivity (Wildman–Crippen MR) is 51.5 cm³/mol. The van der Waals surface area contributed by atoms with E-state index in [1.165, 1.54) is 12.0 Å². The highest BCUT2D eigenvalue weighted by Crippen LogP contribution is 2.16. The van der Waals surface area contributed by atoms with Crippen molar-refractivity contribution in [3.63, 3.8) is 0 Å². The first kappa shape index (κ1) is 8.90. The number of hydrogen-bond donors (Lipinski definition) is 1. The van der Waals surface area contributed by atoms with E-state index >= 15 is 0 Å². The largest absolute Gasteiger partial charge is 0.343 e. The molecule has 0 bridgehead atoms. The Bertz CT molecular complexity index is 394. The van der Waals surface area contributed by atoms with Gasteiger partial charge in [-0.2, -0.15) is 4.98 Å². The first-order valence-corrected chi connectivity index (χ1v) is 4.36. The van der Waals surface area contributed by atoms with Crippen LogP contribution >= 0.6 is 0 Å². The summed E-state index contributed by atoms with van der Waals surface area (Å²) in [5.74, 6) is 0.508. The quantitative estimate of drug-likeness (QED) is 0.776. The Balaban J connectivity index is 2.28. The third kappa shape index (κ3) is 1.65. The second-order valence-corrected chi connectivity index (χ2v) is 3.18. The number of nitrogens with zero attached hydrogens (tertiary/aromatic N) is 2. The number of nitrogens with two attached hydrogens (primary N) is 1. The summed E-state index contributed by atoms with van der Waals surface area (Å²) in [6.07, 6.45) is 1.28. The Morgan fingerprint density at radius 3 is 2.57 bits per heavy atom. The average Bonchev–Trinajstić information content (AvgIpc) is 2.71. The van der Waals surface area contributed by atoms with Gasteiger partial charge in [0.05, 0.1) is 6.04 Å². The SMILES string of the molecule is Cc1ccc(C(N)c2ncon2)cc1. The summed E-state index contributed by atoms with van der Waals surface area (Å²) in [6.45, 7) is 2.03. The average molecular weight is 189 g/mol. The van der Waals surface area contributed by atoms with Gasteiger partial charge >= 0.3 is 0 Å². The zero-order valence-corrected chi connectivity index (χ0v) is 7.84. The molecule has 4 nitrogen and oxygen atoms in total. The van der Waals surface area contributed by atoms with Gasteiger partial charge in [0.25, 0.3) is 0 Å². The highest BCUT2D eigenvalue weighted by molar-refractivity contribution is 5.27. The Kier molecular flexibility index (Phi) is 2.28. The summed E-state index contributed by atoms with van der Waals surface area (Å²) in [4.78, 5) is 3.91. The molecule has 1 heterocycles. The van der Waals surface area contributed by atoms with E-state index in [1.807, 2.05) is 31.2 Å². The smallest absolute Gasteiger partial charge is 0.213 e. The summed E-state index contributed by atoms with van der Waals surface area (Å²) >= 11 is 0. The molecule has 1 unspecified atom stereocenters. The van der Waals surface area contributed by atoms with Crippen molar-refractivity contribution in [2.45, 2.75) is 13.0 Å². The third-order valence-corrected chi connectivity index (χ3v) is 2.09. The molecule has 0 spiro atoms. The maximum Gasteiger partial charge on any atom is 0.213 e. The van der Waals surface area contributed by atoms with E-state index in [-0.39, 0.29) is 6.04 Å². The Morgan fingerprint density at radius 1 is 1.29 bits per heavy atom. The van der Waals surface area contributed by atoms with Gasteiger partial charge in [0, 0.05) is 0 Å². The molecule has 2 aromatic rings. The van der Waals surface area contributed by atoms with Crippen LogP contribution in [-0.2, 0) is 0 Å². The molecule has 0 amide bonds. The van der Waals surface area contributed by atoms with Gasteiger partial charge in [-0.1, -0.05) is 35.0 Å². The molecule has 0 fully saturated rings. The molecular weight excluding hydrogens is 178 g/mol. The lowest BCUT2D eigenvalue weighted by Crippen LogP contribution is -2.13. The maximum atomic E-state index is 5.93. The molecule has 14 heavy (non-hydrogen) atoms. The van der Waals surface area contributed by atoms with Crippen LogP contribution in [0.3, 0.4) is 0 Å². The molecule has 0 saturated carbocycles.